The van der Waals surface area contributed by atoms with Crippen LogP contribution in [0.4, 0.5) is 0 Å². The van der Waals surface area contributed by atoms with Crippen molar-refractivity contribution in [3.8, 4) is 5.75 Å². The van der Waals surface area contributed by atoms with Crippen LogP contribution in [0.5, 0.6) is 5.75 Å². The molecule has 128 valence electrons. The number of benzene rings is 1. The lowest BCUT2D eigenvalue weighted by Crippen LogP contribution is -2.47. The van der Waals surface area contributed by atoms with Crippen molar-refractivity contribution in [2.45, 2.75) is 26.3 Å². The Hall–Kier alpha value is -1.17. The fraction of sp³-hybridized carbons (Fsp3) is 0.467. The number of nitrogens with one attached hydrogen (secondary N) is 1. The summed E-state index contributed by atoms with van der Waals surface area (Å²) in [6, 6.07) is 2.12. The molecule has 1 aromatic rings. The molecule has 0 aromatic heterocycles. The van der Waals surface area contributed by atoms with Gasteiger partial charge in [0.25, 0.3) is 5.91 Å². The summed E-state index contributed by atoms with van der Waals surface area (Å²) < 4.78 is 10.0. The SMILES string of the molecule is CCC(C)C(NC(=O)COc1cc(Cl)c(Cl)cc1Cl)C(=O)OC. The van der Waals surface area contributed by atoms with Crippen molar-refractivity contribution >= 4 is 46.7 Å². The molecule has 1 rings (SSSR count). The lowest BCUT2D eigenvalue weighted by atomic mass is 9.99. The minimum absolute atomic E-state index is 0.0695. The summed E-state index contributed by atoms with van der Waals surface area (Å²) in [5, 5.41) is 3.38. The number of rotatable bonds is 7. The Balaban J connectivity index is 2.69. The number of carbonyl (C=O) groups excluding carboxylic acids is 2. The maximum atomic E-state index is 12.0. The molecule has 5 nitrogen and oxygen atoms in total. The number of methoxy groups -OCH3 is 1. The fourth-order valence-corrected chi connectivity index (χ4v) is 2.36. The Labute approximate surface area is 150 Å². The summed E-state index contributed by atoms with van der Waals surface area (Å²) in [5.41, 5.74) is 0. The van der Waals surface area contributed by atoms with Gasteiger partial charge in [0.05, 0.1) is 22.2 Å². The van der Waals surface area contributed by atoms with E-state index in [-0.39, 0.29) is 33.3 Å². The lowest BCUT2D eigenvalue weighted by molar-refractivity contribution is -0.146. The van der Waals surface area contributed by atoms with Crippen LogP contribution in [0.2, 0.25) is 15.1 Å². The van der Waals surface area contributed by atoms with E-state index in [2.05, 4.69) is 5.32 Å². The first kappa shape index (κ1) is 19.9. The Morgan fingerprint density at radius 3 is 2.35 bits per heavy atom. The van der Waals surface area contributed by atoms with Gasteiger partial charge in [-0.2, -0.15) is 0 Å². The number of hydrogen-bond acceptors (Lipinski definition) is 4. The van der Waals surface area contributed by atoms with Crippen LogP contribution in [-0.2, 0) is 14.3 Å². The molecule has 2 unspecified atom stereocenters. The standard InChI is InChI=1S/C15H18Cl3NO4/c1-4-8(2)14(15(21)22-3)19-13(20)7-23-12-6-10(17)9(16)5-11(12)18/h5-6,8,14H,4,7H2,1-3H3,(H,19,20). The molecule has 0 aliphatic heterocycles. The highest BCUT2D eigenvalue weighted by Gasteiger charge is 2.26. The van der Waals surface area contributed by atoms with E-state index >= 15 is 0 Å². The van der Waals surface area contributed by atoms with Crippen LogP contribution in [0.15, 0.2) is 12.1 Å². The molecule has 1 aromatic carbocycles. The predicted octanol–water partition coefficient (Wildman–Crippen LogP) is 3.73. The van der Waals surface area contributed by atoms with Gasteiger partial charge in [-0.1, -0.05) is 55.1 Å². The first-order chi connectivity index (χ1) is 10.8. The van der Waals surface area contributed by atoms with Gasteiger partial charge in [0, 0.05) is 6.07 Å². The van der Waals surface area contributed by atoms with Gasteiger partial charge < -0.3 is 14.8 Å². The van der Waals surface area contributed by atoms with Crippen molar-refractivity contribution in [1.29, 1.82) is 0 Å². The van der Waals surface area contributed by atoms with Crippen LogP contribution in [0, 0.1) is 5.92 Å². The second kappa shape index (κ2) is 9.21. The van der Waals surface area contributed by atoms with Crippen molar-refractivity contribution in [2.75, 3.05) is 13.7 Å². The monoisotopic (exact) mass is 381 g/mol. The van der Waals surface area contributed by atoms with Crippen molar-refractivity contribution in [3.63, 3.8) is 0 Å². The Morgan fingerprint density at radius 1 is 1.17 bits per heavy atom. The smallest absolute Gasteiger partial charge is 0.328 e. The second-order valence-corrected chi connectivity index (χ2v) is 6.16. The Kier molecular flexibility index (Phi) is 7.95. The van der Waals surface area contributed by atoms with Gasteiger partial charge in [0.1, 0.15) is 11.8 Å². The zero-order valence-electron chi connectivity index (χ0n) is 13.0. The highest BCUT2D eigenvalue weighted by molar-refractivity contribution is 6.43. The zero-order valence-corrected chi connectivity index (χ0v) is 15.3. The Bertz CT molecular complexity index is 580. The van der Waals surface area contributed by atoms with Crippen molar-refractivity contribution in [2.24, 2.45) is 5.92 Å². The van der Waals surface area contributed by atoms with E-state index in [0.29, 0.717) is 6.42 Å². The summed E-state index contributed by atoms with van der Waals surface area (Å²) in [4.78, 5) is 23.7. The third-order valence-electron chi connectivity index (χ3n) is 3.32. The highest BCUT2D eigenvalue weighted by atomic mass is 35.5. The molecule has 0 bridgehead atoms. The summed E-state index contributed by atoms with van der Waals surface area (Å²) in [6.07, 6.45) is 0.708. The van der Waals surface area contributed by atoms with Crippen molar-refractivity contribution in [1.82, 2.24) is 5.32 Å². The fourth-order valence-electron chi connectivity index (χ4n) is 1.77. The van der Waals surface area contributed by atoms with Crippen molar-refractivity contribution in [3.05, 3.63) is 27.2 Å². The summed E-state index contributed by atoms with van der Waals surface area (Å²) in [7, 11) is 1.27. The molecule has 0 saturated carbocycles. The van der Waals surface area contributed by atoms with Gasteiger partial charge in [-0.15, -0.1) is 0 Å². The lowest BCUT2D eigenvalue weighted by Gasteiger charge is -2.21. The first-order valence-corrected chi connectivity index (χ1v) is 8.08. The number of ether oxygens (including phenoxy) is 2. The van der Waals surface area contributed by atoms with E-state index in [0.717, 1.165) is 0 Å². The molecule has 0 spiro atoms. The maximum Gasteiger partial charge on any atom is 0.328 e. The zero-order chi connectivity index (χ0) is 17.6. The normalized spacial score (nSPS) is 13.1. The second-order valence-electron chi connectivity index (χ2n) is 4.94. The van der Waals surface area contributed by atoms with E-state index < -0.39 is 17.9 Å². The summed E-state index contributed by atoms with van der Waals surface area (Å²) >= 11 is 17.7. The summed E-state index contributed by atoms with van der Waals surface area (Å²) in [5.74, 6) is -0.808. The van der Waals surface area contributed by atoms with Crippen LogP contribution in [-0.4, -0.2) is 31.6 Å². The largest absolute Gasteiger partial charge is 0.482 e. The number of amides is 1. The van der Waals surface area contributed by atoms with E-state index in [9.17, 15) is 9.59 Å². The van der Waals surface area contributed by atoms with Gasteiger partial charge in [-0.25, -0.2) is 4.79 Å². The molecule has 0 radical (unpaired) electrons. The number of esters is 1. The topological polar surface area (TPSA) is 64.6 Å². The van der Waals surface area contributed by atoms with Gasteiger partial charge in [-0.05, 0) is 12.0 Å². The molecule has 1 amide bonds. The molecule has 0 heterocycles. The molecule has 1 N–H and O–H groups in total. The van der Waals surface area contributed by atoms with Crippen LogP contribution >= 0.6 is 34.8 Å². The first-order valence-electron chi connectivity index (χ1n) is 6.94. The molecule has 2 atom stereocenters. The third kappa shape index (κ3) is 5.75. The van der Waals surface area contributed by atoms with Crippen LogP contribution in [0.25, 0.3) is 0 Å². The predicted molar refractivity (Wildman–Crippen MR) is 90.4 cm³/mol. The van der Waals surface area contributed by atoms with E-state index in [1.807, 2.05) is 13.8 Å². The summed E-state index contributed by atoms with van der Waals surface area (Å²) in [6.45, 7) is 3.44. The molecule has 23 heavy (non-hydrogen) atoms. The van der Waals surface area contributed by atoms with Crippen LogP contribution in [0.3, 0.4) is 0 Å². The van der Waals surface area contributed by atoms with E-state index in [1.165, 1.54) is 19.2 Å². The number of carbonyl (C=O) groups is 2. The van der Waals surface area contributed by atoms with Crippen LogP contribution < -0.4 is 10.1 Å². The molecular weight excluding hydrogens is 365 g/mol. The van der Waals surface area contributed by atoms with Gasteiger partial charge in [-0.3, -0.25) is 4.79 Å². The average molecular weight is 383 g/mol. The Morgan fingerprint density at radius 2 is 1.78 bits per heavy atom. The van der Waals surface area contributed by atoms with Gasteiger partial charge >= 0.3 is 5.97 Å². The van der Waals surface area contributed by atoms with E-state index in [1.54, 1.807) is 0 Å². The average Bonchev–Trinajstić information content (AvgIpc) is 2.53. The maximum absolute atomic E-state index is 12.0. The number of halogens is 3. The molecule has 8 heteroatoms. The van der Waals surface area contributed by atoms with Crippen molar-refractivity contribution < 1.29 is 19.1 Å². The van der Waals surface area contributed by atoms with Gasteiger partial charge in [0.2, 0.25) is 0 Å². The third-order valence-corrected chi connectivity index (χ3v) is 4.34. The minimum atomic E-state index is -0.731. The van der Waals surface area contributed by atoms with E-state index in [4.69, 9.17) is 44.3 Å². The molecule has 0 fully saturated rings. The minimum Gasteiger partial charge on any atom is -0.482 e. The van der Waals surface area contributed by atoms with Gasteiger partial charge in [0.15, 0.2) is 6.61 Å². The van der Waals surface area contributed by atoms with Crippen LogP contribution in [0.1, 0.15) is 20.3 Å². The number of hydrogen-bond donors (Lipinski definition) is 1. The molecule has 0 aliphatic carbocycles. The molecule has 0 aliphatic rings. The molecular formula is C15H18Cl3NO4. The molecule has 0 saturated heterocycles. The quantitative estimate of drug-likeness (QED) is 0.576. The highest BCUT2D eigenvalue weighted by Crippen LogP contribution is 2.33.